The molecule has 0 saturated heterocycles. The molecule has 1 heterocycles. The number of hydrogen-bond donors (Lipinski definition) is 2. The molecule has 9 heteroatoms. The fraction of sp³-hybridized carbons (Fsp3) is 0.310. The third-order valence-electron chi connectivity index (χ3n) is 6.49. The van der Waals surface area contributed by atoms with E-state index in [4.69, 9.17) is 0 Å². The lowest BCUT2D eigenvalue weighted by Crippen LogP contribution is -2.36. The van der Waals surface area contributed by atoms with Gasteiger partial charge < -0.3 is 9.88 Å². The number of nitrogens with zero attached hydrogens (tertiary/aromatic N) is 2. The number of carbonyl (C=O) groups is 1. The summed E-state index contributed by atoms with van der Waals surface area (Å²) in [6.07, 6.45) is 8.11. The summed E-state index contributed by atoms with van der Waals surface area (Å²) in [5, 5.41) is 3.18. The number of halogens is 3. The second-order valence-corrected chi connectivity index (χ2v) is 10.2. The first-order valence-electron chi connectivity index (χ1n) is 12.6. The van der Waals surface area contributed by atoms with Crippen LogP contribution in [0.1, 0.15) is 49.8 Å². The second kappa shape index (κ2) is 13.0. The number of aryl methyl sites for hydroxylation is 1. The zero-order valence-corrected chi connectivity index (χ0v) is 21.9. The fourth-order valence-electron chi connectivity index (χ4n) is 4.45. The van der Waals surface area contributed by atoms with Gasteiger partial charge in [-0.3, -0.25) is 9.52 Å². The highest BCUT2D eigenvalue weighted by Crippen LogP contribution is 2.32. The van der Waals surface area contributed by atoms with Crippen molar-refractivity contribution in [2.45, 2.75) is 62.3 Å². The number of alkyl halides is 3. The summed E-state index contributed by atoms with van der Waals surface area (Å²) in [5.41, 5.74) is 2.60. The molecule has 0 fully saturated rings. The minimum atomic E-state index is -4.41. The van der Waals surface area contributed by atoms with Gasteiger partial charge in [0.2, 0.25) is 5.91 Å². The van der Waals surface area contributed by atoms with Gasteiger partial charge in [-0.25, -0.2) is 4.98 Å². The number of hydrogen-bond acceptors (Lipinski definition) is 4. The Hall–Kier alpha value is -3.30. The van der Waals surface area contributed by atoms with Gasteiger partial charge in [-0.2, -0.15) is 13.2 Å². The quantitative estimate of drug-likeness (QED) is 0.261. The van der Waals surface area contributed by atoms with E-state index in [0.29, 0.717) is 4.90 Å². The standard InChI is InChI=1S/C29H31F3N4OS/c1-21-13-14-26(25(21)12-5-6-16-36-17-15-33-20-36)34-28(37)19-27(22-8-3-2-4-9-22)35-38-24-11-7-10-23(18-24)29(30,31)32/h2-5,7-12,15,17-18,20,26-27,35H,6,13-14,16,19H2,1H3,(H,34,37)/b12-5-/t26-,27-/m1/s1. The van der Waals surface area contributed by atoms with E-state index in [0.717, 1.165) is 61.0 Å². The molecular weight excluding hydrogens is 509 g/mol. The Bertz CT molecular complexity index is 1260. The van der Waals surface area contributed by atoms with Crippen molar-refractivity contribution >= 4 is 17.9 Å². The third-order valence-corrected chi connectivity index (χ3v) is 7.39. The molecule has 200 valence electrons. The summed E-state index contributed by atoms with van der Waals surface area (Å²) >= 11 is 1.09. The number of rotatable bonds is 11. The molecule has 4 rings (SSSR count). The van der Waals surface area contributed by atoms with Gasteiger partial charge in [0.15, 0.2) is 0 Å². The van der Waals surface area contributed by atoms with Gasteiger partial charge in [0.25, 0.3) is 0 Å². The lowest BCUT2D eigenvalue weighted by atomic mass is 10.0. The van der Waals surface area contributed by atoms with Crippen LogP contribution in [0.3, 0.4) is 0 Å². The van der Waals surface area contributed by atoms with Crippen molar-refractivity contribution in [2.75, 3.05) is 0 Å². The predicted molar refractivity (Wildman–Crippen MR) is 144 cm³/mol. The molecule has 3 aromatic rings. The molecule has 38 heavy (non-hydrogen) atoms. The predicted octanol–water partition coefficient (Wildman–Crippen LogP) is 6.87. The molecule has 1 amide bonds. The zero-order valence-electron chi connectivity index (χ0n) is 21.1. The molecule has 0 spiro atoms. The van der Waals surface area contributed by atoms with Gasteiger partial charge in [0.1, 0.15) is 0 Å². The molecule has 0 radical (unpaired) electrons. The van der Waals surface area contributed by atoms with Gasteiger partial charge in [0.05, 0.1) is 24.0 Å². The summed E-state index contributed by atoms with van der Waals surface area (Å²) in [7, 11) is 0. The van der Waals surface area contributed by atoms with Crippen LogP contribution < -0.4 is 10.0 Å². The fourth-order valence-corrected chi connectivity index (χ4v) is 5.28. The SMILES string of the molecule is CC1=C(/C=C\CCn2ccnc2)[C@H](NC(=O)C[C@@H](NSc2cccc(C(F)(F)F)c2)c2ccccc2)CC1. The van der Waals surface area contributed by atoms with E-state index in [-0.39, 0.29) is 24.4 Å². The number of aromatic nitrogens is 2. The first-order chi connectivity index (χ1) is 18.3. The van der Waals surface area contributed by atoms with Crippen LogP contribution in [0, 0.1) is 0 Å². The minimum Gasteiger partial charge on any atom is -0.349 e. The van der Waals surface area contributed by atoms with Crippen LogP contribution in [-0.4, -0.2) is 21.5 Å². The summed E-state index contributed by atoms with van der Waals surface area (Å²) in [4.78, 5) is 17.6. The molecule has 5 nitrogen and oxygen atoms in total. The maximum atomic E-state index is 13.2. The molecule has 0 aliphatic heterocycles. The molecule has 2 N–H and O–H groups in total. The number of allylic oxidation sites excluding steroid dienone is 2. The molecule has 1 aromatic heterocycles. The average molecular weight is 541 g/mol. The van der Waals surface area contributed by atoms with E-state index in [1.165, 1.54) is 11.6 Å². The lowest BCUT2D eigenvalue weighted by molar-refractivity contribution is -0.137. The van der Waals surface area contributed by atoms with Crippen molar-refractivity contribution in [3.63, 3.8) is 0 Å². The van der Waals surface area contributed by atoms with Gasteiger partial charge in [-0.1, -0.05) is 54.1 Å². The van der Waals surface area contributed by atoms with Crippen molar-refractivity contribution < 1.29 is 18.0 Å². The molecule has 0 unspecified atom stereocenters. The third kappa shape index (κ3) is 7.85. The Kier molecular flexibility index (Phi) is 9.47. The van der Waals surface area contributed by atoms with Crippen LogP contribution in [0.4, 0.5) is 13.2 Å². The van der Waals surface area contributed by atoms with Crippen LogP contribution in [-0.2, 0) is 17.5 Å². The van der Waals surface area contributed by atoms with Crippen molar-refractivity contribution in [1.82, 2.24) is 19.6 Å². The number of imidazole rings is 1. The monoisotopic (exact) mass is 540 g/mol. The van der Waals surface area contributed by atoms with Crippen molar-refractivity contribution in [1.29, 1.82) is 0 Å². The van der Waals surface area contributed by atoms with E-state index in [2.05, 4.69) is 34.1 Å². The van der Waals surface area contributed by atoms with Gasteiger partial charge in [-0.05, 0) is 67.5 Å². The maximum Gasteiger partial charge on any atom is 0.416 e. The minimum absolute atomic E-state index is 0.0560. The average Bonchev–Trinajstić information content (AvgIpc) is 3.54. The highest BCUT2D eigenvalue weighted by Gasteiger charge is 2.30. The number of benzene rings is 2. The van der Waals surface area contributed by atoms with Crippen LogP contribution >= 0.6 is 11.9 Å². The Morgan fingerprint density at radius 3 is 2.76 bits per heavy atom. The summed E-state index contributed by atoms with van der Waals surface area (Å²) < 4.78 is 44.6. The second-order valence-electron chi connectivity index (χ2n) is 9.30. The number of carbonyl (C=O) groups excluding carboxylic acids is 1. The van der Waals surface area contributed by atoms with E-state index in [1.807, 2.05) is 41.1 Å². The molecule has 1 aliphatic carbocycles. The highest BCUT2D eigenvalue weighted by molar-refractivity contribution is 7.97. The van der Waals surface area contributed by atoms with Crippen molar-refractivity contribution in [2.24, 2.45) is 0 Å². The Morgan fingerprint density at radius 2 is 2.03 bits per heavy atom. The first-order valence-corrected chi connectivity index (χ1v) is 13.4. The summed E-state index contributed by atoms with van der Waals surface area (Å²) in [6.45, 7) is 2.94. The Morgan fingerprint density at radius 1 is 1.21 bits per heavy atom. The maximum absolute atomic E-state index is 13.2. The van der Waals surface area contributed by atoms with E-state index in [1.54, 1.807) is 18.6 Å². The zero-order chi connectivity index (χ0) is 27.0. The molecule has 0 bridgehead atoms. The van der Waals surface area contributed by atoms with Gasteiger partial charge in [-0.15, -0.1) is 0 Å². The van der Waals surface area contributed by atoms with Crippen LogP contribution in [0.2, 0.25) is 0 Å². The van der Waals surface area contributed by atoms with E-state index < -0.39 is 11.7 Å². The lowest BCUT2D eigenvalue weighted by Gasteiger charge is -2.21. The van der Waals surface area contributed by atoms with Crippen LogP contribution in [0.25, 0.3) is 0 Å². The van der Waals surface area contributed by atoms with Gasteiger partial charge >= 0.3 is 6.18 Å². The molecular formula is C29H31F3N4OS. The van der Waals surface area contributed by atoms with Crippen molar-refractivity contribution in [3.8, 4) is 0 Å². The molecule has 2 atom stereocenters. The Labute approximate surface area is 225 Å². The number of amides is 1. The topological polar surface area (TPSA) is 59.0 Å². The summed E-state index contributed by atoms with van der Waals surface area (Å²) in [6, 6.07) is 14.2. The smallest absolute Gasteiger partial charge is 0.349 e. The largest absolute Gasteiger partial charge is 0.416 e. The Balaban J connectivity index is 1.38. The normalized spacial score (nSPS) is 16.8. The van der Waals surface area contributed by atoms with E-state index >= 15 is 0 Å². The molecule has 2 aromatic carbocycles. The first kappa shape index (κ1) is 27.7. The summed E-state index contributed by atoms with van der Waals surface area (Å²) in [5.74, 6) is -0.111. The van der Waals surface area contributed by atoms with Crippen LogP contribution in [0.15, 0.2) is 102 Å². The van der Waals surface area contributed by atoms with E-state index in [9.17, 15) is 18.0 Å². The molecule has 0 saturated carbocycles. The van der Waals surface area contributed by atoms with Gasteiger partial charge in [0, 0.05) is 30.3 Å². The van der Waals surface area contributed by atoms with Crippen LogP contribution in [0.5, 0.6) is 0 Å². The molecule has 1 aliphatic rings. The highest BCUT2D eigenvalue weighted by atomic mass is 32.2. The number of nitrogens with one attached hydrogen (secondary N) is 2. The van der Waals surface area contributed by atoms with Crippen molar-refractivity contribution in [3.05, 3.63) is 108 Å².